The van der Waals surface area contributed by atoms with Crippen molar-refractivity contribution in [3.05, 3.63) is 63.3 Å². The molecular formula is C13H12ClN3O2. The van der Waals surface area contributed by atoms with Crippen LogP contribution in [0.4, 0.5) is 11.5 Å². The smallest absolute Gasteiger partial charge is 0.363 e. The molecule has 19 heavy (non-hydrogen) atoms. The molecule has 5 nitrogen and oxygen atoms in total. The summed E-state index contributed by atoms with van der Waals surface area (Å²) in [6.07, 6.45) is 1.44. The minimum Gasteiger partial charge on any atom is -0.375 e. The van der Waals surface area contributed by atoms with Gasteiger partial charge in [-0.05, 0) is 40.6 Å². The van der Waals surface area contributed by atoms with Crippen molar-refractivity contribution in [3.8, 4) is 0 Å². The summed E-state index contributed by atoms with van der Waals surface area (Å²) in [6, 6.07) is 10.6. The molecule has 2 aromatic rings. The first kappa shape index (κ1) is 13.3. The normalized spacial score (nSPS) is 11.9. The number of aromatic nitrogens is 1. The third kappa shape index (κ3) is 3.42. The molecule has 1 aromatic carbocycles. The van der Waals surface area contributed by atoms with Crippen LogP contribution in [0.2, 0.25) is 5.02 Å². The highest BCUT2D eigenvalue weighted by molar-refractivity contribution is 6.30. The summed E-state index contributed by atoms with van der Waals surface area (Å²) in [6.45, 7) is 1.98. The van der Waals surface area contributed by atoms with Gasteiger partial charge in [-0.1, -0.05) is 23.7 Å². The lowest BCUT2D eigenvalue weighted by Crippen LogP contribution is -2.06. The van der Waals surface area contributed by atoms with Gasteiger partial charge in [-0.3, -0.25) is 0 Å². The van der Waals surface area contributed by atoms with Crippen molar-refractivity contribution in [3.63, 3.8) is 0 Å². The highest BCUT2D eigenvalue weighted by Gasteiger charge is 2.09. The van der Waals surface area contributed by atoms with Crippen molar-refractivity contribution in [2.24, 2.45) is 0 Å². The van der Waals surface area contributed by atoms with Crippen molar-refractivity contribution in [1.29, 1.82) is 0 Å². The maximum atomic E-state index is 10.5. The second kappa shape index (κ2) is 5.67. The quantitative estimate of drug-likeness (QED) is 0.681. The molecule has 0 aliphatic carbocycles. The van der Waals surface area contributed by atoms with E-state index in [1.54, 1.807) is 6.07 Å². The molecule has 1 N–H and O–H groups in total. The van der Waals surface area contributed by atoms with Gasteiger partial charge in [0.2, 0.25) is 0 Å². The molecule has 0 bridgehead atoms. The molecule has 2 rings (SSSR count). The molecule has 1 heterocycles. The van der Waals surface area contributed by atoms with Crippen molar-refractivity contribution < 1.29 is 4.92 Å². The van der Waals surface area contributed by atoms with Crippen LogP contribution in [0.1, 0.15) is 18.5 Å². The van der Waals surface area contributed by atoms with E-state index in [2.05, 4.69) is 10.3 Å². The summed E-state index contributed by atoms with van der Waals surface area (Å²) in [4.78, 5) is 13.7. The first-order valence-electron chi connectivity index (χ1n) is 5.68. The van der Waals surface area contributed by atoms with E-state index in [1.807, 2.05) is 31.2 Å². The van der Waals surface area contributed by atoms with E-state index in [0.29, 0.717) is 5.02 Å². The molecule has 0 spiro atoms. The molecule has 98 valence electrons. The van der Waals surface area contributed by atoms with Crippen LogP contribution in [0.3, 0.4) is 0 Å². The van der Waals surface area contributed by atoms with Gasteiger partial charge < -0.3 is 15.4 Å². The van der Waals surface area contributed by atoms with E-state index in [-0.39, 0.29) is 11.9 Å². The van der Waals surface area contributed by atoms with Gasteiger partial charge in [-0.15, -0.1) is 0 Å². The Morgan fingerprint density at radius 2 is 2.16 bits per heavy atom. The van der Waals surface area contributed by atoms with Gasteiger partial charge in [0.1, 0.15) is 0 Å². The molecular weight excluding hydrogens is 266 g/mol. The van der Waals surface area contributed by atoms with Crippen LogP contribution in [0.5, 0.6) is 0 Å². The molecule has 0 radical (unpaired) electrons. The number of nitrogens with one attached hydrogen (secondary N) is 1. The van der Waals surface area contributed by atoms with E-state index in [0.717, 1.165) is 11.3 Å². The van der Waals surface area contributed by atoms with Crippen LogP contribution in [-0.2, 0) is 0 Å². The summed E-state index contributed by atoms with van der Waals surface area (Å²) in [5, 5.41) is 14.4. The standard InChI is InChI=1S/C13H12ClN3O2/c1-9(10-3-2-4-11(14)7-10)16-12-5-6-13(15-8-12)17(18)19/h2-9,16H,1H3. The SMILES string of the molecule is CC(Nc1ccc([N+](=O)[O-])nc1)c1cccc(Cl)c1. The minimum absolute atomic E-state index is 0.0296. The Labute approximate surface area is 115 Å². The Kier molecular flexibility index (Phi) is 3.97. The van der Waals surface area contributed by atoms with Gasteiger partial charge >= 0.3 is 5.82 Å². The molecule has 0 saturated heterocycles. The van der Waals surface area contributed by atoms with E-state index >= 15 is 0 Å². The van der Waals surface area contributed by atoms with E-state index in [9.17, 15) is 10.1 Å². The fourth-order valence-electron chi connectivity index (χ4n) is 1.69. The maximum absolute atomic E-state index is 10.5. The van der Waals surface area contributed by atoms with Crippen LogP contribution >= 0.6 is 11.6 Å². The number of nitrogens with zero attached hydrogens (tertiary/aromatic N) is 2. The van der Waals surface area contributed by atoms with Crippen LogP contribution in [0.25, 0.3) is 0 Å². The minimum atomic E-state index is -0.524. The molecule has 1 unspecified atom stereocenters. The Morgan fingerprint density at radius 1 is 1.37 bits per heavy atom. The highest BCUT2D eigenvalue weighted by atomic mass is 35.5. The summed E-state index contributed by atoms with van der Waals surface area (Å²) in [7, 11) is 0. The van der Waals surface area contributed by atoms with Gasteiger partial charge in [0.05, 0.1) is 5.69 Å². The zero-order valence-corrected chi connectivity index (χ0v) is 11.0. The monoisotopic (exact) mass is 277 g/mol. The Bertz CT molecular complexity index is 587. The fourth-order valence-corrected chi connectivity index (χ4v) is 1.89. The lowest BCUT2D eigenvalue weighted by molar-refractivity contribution is -0.389. The van der Waals surface area contributed by atoms with Crippen LogP contribution in [-0.4, -0.2) is 9.91 Å². The van der Waals surface area contributed by atoms with Gasteiger partial charge in [0.15, 0.2) is 6.20 Å². The largest absolute Gasteiger partial charge is 0.375 e. The number of pyridine rings is 1. The third-order valence-corrected chi connectivity index (χ3v) is 2.90. The average Bonchev–Trinajstić information content (AvgIpc) is 2.39. The zero-order chi connectivity index (χ0) is 13.8. The predicted molar refractivity (Wildman–Crippen MR) is 74.4 cm³/mol. The second-order valence-electron chi connectivity index (χ2n) is 4.08. The van der Waals surface area contributed by atoms with Crippen molar-refractivity contribution in [1.82, 2.24) is 4.98 Å². The number of rotatable bonds is 4. The number of benzene rings is 1. The molecule has 0 aliphatic rings. The van der Waals surface area contributed by atoms with Crippen molar-refractivity contribution in [2.75, 3.05) is 5.32 Å². The topological polar surface area (TPSA) is 68.1 Å². The van der Waals surface area contributed by atoms with Crippen molar-refractivity contribution >= 4 is 23.1 Å². The van der Waals surface area contributed by atoms with Gasteiger partial charge in [-0.25, -0.2) is 0 Å². The Morgan fingerprint density at radius 3 is 2.74 bits per heavy atom. The van der Waals surface area contributed by atoms with E-state index in [1.165, 1.54) is 12.3 Å². The Balaban J connectivity index is 2.10. The van der Waals surface area contributed by atoms with E-state index in [4.69, 9.17) is 11.6 Å². The molecule has 1 aromatic heterocycles. The van der Waals surface area contributed by atoms with Gasteiger partial charge in [0, 0.05) is 17.1 Å². The van der Waals surface area contributed by atoms with Gasteiger partial charge in [0.25, 0.3) is 0 Å². The molecule has 1 atom stereocenters. The molecule has 0 saturated carbocycles. The molecule has 6 heteroatoms. The maximum Gasteiger partial charge on any atom is 0.363 e. The number of hydrogen-bond donors (Lipinski definition) is 1. The second-order valence-corrected chi connectivity index (χ2v) is 4.52. The Hall–Kier alpha value is -2.14. The first-order chi connectivity index (χ1) is 9.06. The number of hydrogen-bond acceptors (Lipinski definition) is 4. The highest BCUT2D eigenvalue weighted by Crippen LogP contribution is 2.22. The van der Waals surface area contributed by atoms with Crippen molar-refractivity contribution in [2.45, 2.75) is 13.0 Å². The molecule has 0 amide bonds. The fraction of sp³-hybridized carbons (Fsp3) is 0.154. The summed E-state index contributed by atoms with van der Waals surface area (Å²) in [5.41, 5.74) is 1.75. The lowest BCUT2D eigenvalue weighted by atomic mass is 10.1. The zero-order valence-electron chi connectivity index (χ0n) is 10.2. The molecule has 0 aliphatic heterocycles. The van der Waals surface area contributed by atoms with Crippen LogP contribution in [0.15, 0.2) is 42.6 Å². The van der Waals surface area contributed by atoms with E-state index < -0.39 is 4.92 Å². The number of halogens is 1. The third-order valence-electron chi connectivity index (χ3n) is 2.67. The lowest BCUT2D eigenvalue weighted by Gasteiger charge is -2.14. The van der Waals surface area contributed by atoms with Gasteiger partial charge in [-0.2, -0.15) is 0 Å². The summed E-state index contributed by atoms with van der Waals surface area (Å²) < 4.78 is 0. The van der Waals surface area contributed by atoms with Crippen LogP contribution in [0, 0.1) is 10.1 Å². The number of nitro groups is 1. The average molecular weight is 278 g/mol. The predicted octanol–water partition coefficient (Wildman–Crippen LogP) is 3.82. The first-order valence-corrected chi connectivity index (χ1v) is 6.06. The summed E-state index contributed by atoms with van der Waals surface area (Å²) >= 11 is 5.93. The van der Waals surface area contributed by atoms with Crippen LogP contribution < -0.4 is 5.32 Å². The number of anilines is 1. The molecule has 0 fully saturated rings. The summed E-state index contributed by atoms with van der Waals surface area (Å²) in [5.74, 6) is -0.166.